The molecule has 0 spiro atoms. The maximum atomic E-state index is 12.7. The minimum atomic E-state index is -4.75. The molecule has 3 rings (SSSR count). The number of carbonyl (C=O) groups is 1. The molecule has 0 aromatic carbocycles. The monoisotopic (exact) mass is 402 g/mol. The van der Waals surface area contributed by atoms with Crippen LogP contribution in [0.15, 0.2) is 55.1 Å². The summed E-state index contributed by atoms with van der Waals surface area (Å²) >= 11 is 0. The molecule has 0 aliphatic heterocycles. The molecule has 0 saturated carbocycles. The lowest BCUT2D eigenvalue weighted by Crippen LogP contribution is -2.38. The third-order valence-corrected chi connectivity index (χ3v) is 4.28. The zero-order chi connectivity index (χ0) is 21.2. The normalized spacial score (nSPS) is 12.4. The average molecular weight is 402 g/mol. The van der Waals surface area contributed by atoms with Crippen LogP contribution in [0.25, 0.3) is 11.3 Å². The highest BCUT2D eigenvalue weighted by Gasteiger charge is 2.39. The first-order valence-corrected chi connectivity index (χ1v) is 8.64. The topological polar surface area (TPSA) is 81.8 Å². The first-order chi connectivity index (χ1) is 13.6. The first-order valence-electron chi connectivity index (χ1n) is 8.64. The highest BCUT2D eigenvalue weighted by molar-refractivity contribution is 5.95. The van der Waals surface area contributed by atoms with Gasteiger partial charge in [0.15, 0.2) is 6.20 Å². The largest absolute Gasteiger partial charge is 0.618 e. The van der Waals surface area contributed by atoms with Crippen LogP contribution in [0.3, 0.4) is 0 Å². The molecule has 3 heterocycles. The standard InChI is InChI=1S/C20H17F3N4O2/c1-12-3-5-17(25-8-12)15-7-16(10-24-9-15)19(28)26-13(2)14-4-6-18(20(21,22)23)27(29)11-14/h3-11,13H,1-2H3,(H,26,28)/t13-/m1/s1. The number of hydrogen-bond acceptors (Lipinski definition) is 4. The molecule has 3 aromatic heterocycles. The molecule has 0 aliphatic carbocycles. The summed E-state index contributed by atoms with van der Waals surface area (Å²) in [5, 5.41) is 14.3. The van der Waals surface area contributed by atoms with Gasteiger partial charge < -0.3 is 10.5 Å². The predicted molar refractivity (Wildman–Crippen MR) is 98.5 cm³/mol. The van der Waals surface area contributed by atoms with E-state index in [2.05, 4.69) is 15.3 Å². The summed E-state index contributed by atoms with van der Waals surface area (Å²) in [6, 6.07) is 6.48. The maximum Gasteiger partial charge on any atom is 0.478 e. The summed E-state index contributed by atoms with van der Waals surface area (Å²) in [5.41, 5.74) is 1.49. The Kier molecular flexibility index (Phi) is 5.49. The van der Waals surface area contributed by atoms with E-state index in [0.717, 1.165) is 17.8 Å². The molecule has 3 aromatic rings. The van der Waals surface area contributed by atoms with Gasteiger partial charge in [-0.25, -0.2) is 0 Å². The van der Waals surface area contributed by atoms with Crippen molar-refractivity contribution in [3.05, 3.63) is 82.7 Å². The smallest absolute Gasteiger partial charge is 0.478 e. The van der Waals surface area contributed by atoms with Crippen LogP contribution in [-0.4, -0.2) is 15.9 Å². The first kappa shape index (κ1) is 20.2. The van der Waals surface area contributed by atoms with E-state index in [1.54, 1.807) is 25.4 Å². The van der Waals surface area contributed by atoms with Crippen molar-refractivity contribution in [3.8, 4) is 11.3 Å². The molecule has 1 N–H and O–H groups in total. The van der Waals surface area contributed by atoms with Crippen LogP contribution >= 0.6 is 0 Å². The molecule has 9 heteroatoms. The minimum absolute atomic E-state index is 0.241. The number of nitrogens with one attached hydrogen (secondary N) is 1. The number of rotatable bonds is 4. The van der Waals surface area contributed by atoms with Crippen molar-refractivity contribution in [1.29, 1.82) is 0 Å². The van der Waals surface area contributed by atoms with Gasteiger partial charge in [-0.1, -0.05) is 6.07 Å². The summed E-state index contributed by atoms with van der Waals surface area (Å²) in [6.07, 6.45) is 0.711. The van der Waals surface area contributed by atoms with Crippen LogP contribution in [-0.2, 0) is 6.18 Å². The van der Waals surface area contributed by atoms with E-state index >= 15 is 0 Å². The summed E-state index contributed by atoms with van der Waals surface area (Å²) in [6.45, 7) is 3.48. The van der Waals surface area contributed by atoms with E-state index in [-0.39, 0.29) is 15.9 Å². The number of nitrogens with zero attached hydrogens (tertiary/aromatic N) is 3. The van der Waals surface area contributed by atoms with Crippen molar-refractivity contribution < 1.29 is 22.7 Å². The Morgan fingerprint density at radius 1 is 1.17 bits per heavy atom. The molecular weight excluding hydrogens is 385 g/mol. The minimum Gasteiger partial charge on any atom is -0.618 e. The van der Waals surface area contributed by atoms with E-state index in [1.165, 1.54) is 6.20 Å². The maximum absolute atomic E-state index is 12.7. The van der Waals surface area contributed by atoms with Crippen LogP contribution < -0.4 is 10.0 Å². The van der Waals surface area contributed by atoms with Crippen LogP contribution in [0.5, 0.6) is 0 Å². The molecule has 1 atom stereocenters. The van der Waals surface area contributed by atoms with E-state index in [1.807, 2.05) is 19.1 Å². The van der Waals surface area contributed by atoms with Crippen LogP contribution in [0.4, 0.5) is 13.2 Å². The van der Waals surface area contributed by atoms with Crippen molar-refractivity contribution in [2.45, 2.75) is 26.1 Å². The van der Waals surface area contributed by atoms with Gasteiger partial charge in [0.05, 0.1) is 17.3 Å². The van der Waals surface area contributed by atoms with Crippen LogP contribution in [0.1, 0.15) is 40.1 Å². The zero-order valence-corrected chi connectivity index (χ0v) is 15.6. The number of aromatic nitrogens is 3. The lowest BCUT2D eigenvalue weighted by atomic mass is 10.1. The van der Waals surface area contributed by atoms with Gasteiger partial charge in [-0.05, 0) is 37.6 Å². The van der Waals surface area contributed by atoms with Gasteiger partial charge in [0.25, 0.3) is 11.6 Å². The lowest BCUT2D eigenvalue weighted by molar-refractivity contribution is -0.629. The Morgan fingerprint density at radius 3 is 2.55 bits per heavy atom. The number of halogens is 3. The third kappa shape index (κ3) is 4.68. The molecule has 0 fully saturated rings. The summed E-state index contributed by atoms with van der Waals surface area (Å²) < 4.78 is 37.9. The number of hydrogen-bond donors (Lipinski definition) is 1. The third-order valence-electron chi connectivity index (χ3n) is 4.28. The van der Waals surface area contributed by atoms with Gasteiger partial charge in [-0.3, -0.25) is 14.8 Å². The van der Waals surface area contributed by atoms with E-state index in [9.17, 15) is 23.2 Å². The van der Waals surface area contributed by atoms with Crippen molar-refractivity contribution in [2.24, 2.45) is 0 Å². The fourth-order valence-electron chi connectivity index (χ4n) is 2.68. The lowest BCUT2D eigenvalue weighted by Gasteiger charge is -2.15. The van der Waals surface area contributed by atoms with Crippen molar-refractivity contribution in [2.75, 3.05) is 0 Å². The summed E-state index contributed by atoms with van der Waals surface area (Å²) in [7, 11) is 0. The number of pyridine rings is 3. The van der Waals surface area contributed by atoms with E-state index < -0.39 is 23.8 Å². The fourth-order valence-corrected chi connectivity index (χ4v) is 2.68. The fraction of sp³-hybridized carbons (Fsp3) is 0.200. The molecular formula is C20H17F3N4O2. The average Bonchev–Trinajstić information content (AvgIpc) is 2.67. The molecule has 0 aliphatic rings. The van der Waals surface area contributed by atoms with Gasteiger partial charge in [0.1, 0.15) is 0 Å². The van der Waals surface area contributed by atoms with Crippen molar-refractivity contribution >= 4 is 5.91 Å². The van der Waals surface area contributed by atoms with Gasteiger partial charge in [0.2, 0.25) is 0 Å². The van der Waals surface area contributed by atoms with Crippen molar-refractivity contribution in [1.82, 2.24) is 15.3 Å². The predicted octanol–water partition coefficient (Wildman–Crippen LogP) is 3.60. The van der Waals surface area contributed by atoms with Crippen LogP contribution in [0.2, 0.25) is 0 Å². The number of aryl methyl sites for hydroxylation is 1. The Labute approximate surface area is 164 Å². The number of carbonyl (C=O) groups excluding carboxylic acids is 1. The van der Waals surface area contributed by atoms with Gasteiger partial charge >= 0.3 is 6.18 Å². The molecule has 0 unspecified atom stereocenters. The molecule has 150 valence electrons. The summed E-state index contributed by atoms with van der Waals surface area (Å²) in [5.74, 6) is -0.476. The Balaban J connectivity index is 1.77. The molecule has 0 saturated heterocycles. The quantitative estimate of drug-likeness (QED) is 0.534. The molecule has 1 amide bonds. The van der Waals surface area contributed by atoms with Crippen molar-refractivity contribution in [3.63, 3.8) is 0 Å². The molecule has 29 heavy (non-hydrogen) atoms. The van der Waals surface area contributed by atoms with Crippen LogP contribution in [0, 0.1) is 12.1 Å². The highest BCUT2D eigenvalue weighted by Crippen LogP contribution is 2.27. The second kappa shape index (κ2) is 7.86. The zero-order valence-electron chi connectivity index (χ0n) is 15.6. The SMILES string of the molecule is Cc1ccc(-c2cncc(C(=O)N[C@H](C)c3ccc(C(F)(F)F)[n+]([O-])c3)c2)nc1. The highest BCUT2D eigenvalue weighted by atomic mass is 19.4. The Hall–Kier alpha value is -3.49. The number of amides is 1. The summed E-state index contributed by atoms with van der Waals surface area (Å²) in [4.78, 5) is 20.9. The van der Waals surface area contributed by atoms with E-state index in [0.29, 0.717) is 17.3 Å². The van der Waals surface area contributed by atoms with E-state index in [4.69, 9.17) is 0 Å². The van der Waals surface area contributed by atoms with Gasteiger partial charge in [-0.2, -0.15) is 17.9 Å². The Morgan fingerprint density at radius 2 is 1.93 bits per heavy atom. The Bertz CT molecular complexity index is 1040. The van der Waals surface area contributed by atoms with Gasteiger partial charge in [-0.15, -0.1) is 0 Å². The number of alkyl halides is 3. The second-order valence-corrected chi connectivity index (χ2v) is 6.55. The molecule has 6 nitrogen and oxygen atoms in total. The molecule has 0 radical (unpaired) electrons. The van der Waals surface area contributed by atoms with Gasteiger partial charge in [0, 0.05) is 35.8 Å². The molecule has 0 bridgehead atoms. The second-order valence-electron chi connectivity index (χ2n) is 6.55.